The van der Waals surface area contributed by atoms with E-state index < -0.39 is 15.6 Å². The van der Waals surface area contributed by atoms with Crippen molar-refractivity contribution in [2.24, 2.45) is 7.05 Å². The molecule has 9 nitrogen and oxygen atoms in total. The van der Waals surface area contributed by atoms with Crippen molar-refractivity contribution < 1.29 is 13.2 Å². The van der Waals surface area contributed by atoms with Crippen molar-refractivity contribution in [3.63, 3.8) is 0 Å². The second-order valence-corrected chi connectivity index (χ2v) is 13.4. The highest BCUT2D eigenvalue weighted by molar-refractivity contribution is 7.90. The summed E-state index contributed by atoms with van der Waals surface area (Å²) in [4.78, 5) is 9.86. The Morgan fingerprint density at radius 1 is 1.12 bits per heavy atom. The third-order valence-electron chi connectivity index (χ3n) is 8.23. The first kappa shape index (κ1) is 24.9. The Kier molecular flexibility index (Phi) is 5.33. The molecule has 0 amide bonds. The third kappa shape index (κ3) is 3.53. The van der Waals surface area contributed by atoms with Gasteiger partial charge in [-0.25, -0.2) is 22.4 Å². The second-order valence-electron chi connectivity index (χ2n) is 10.7. The van der Waals surface area contributed by atoms with E-state index in [-0.39, 0.29) is 4.90 Å². The first-order valence-corrected chi connectivity index (χ1v) is 15.8. The van der Waals surface area contributed by atoms with Crippen molar-refractivity contribution in [1.82, 2.24) is 29.0 Å². The van der Waals surface area contributed by atoms with Crippen LogP contribution in [-0.4, -0.2) is 45.2 Å². The zero-order chi connectivity index (χ0) is 27.9. The van der Waals surface area contributed by atoms with Crippen LogP contribution >= 0.6 is 11.3 Å². The van der Waals surface area contributed by atoms with E-state index in [4.69, 9.17) is 14.7 Å². The minimum absolute atomic E-state index is 0.191. The maximum atomic E-state index is 14.6. The summed E-state index contributed by atoms with van der Waals surface area (Å²) in [5.41, 5.74) is 5.83. The summed E-state index contributed by atoms with van der Waals surface area (Å²) in [6.07, 6.45) is 4.41. The molecule has 2 aromatic carbocycles. The standard InChI is InChI=1S/C30H26N6O3S2/c1-18-16-40-29(34-18)27-24(19-8-9-23-20(12-19)14-33-35(23)2)25-26-21(15-39-30(26)10-11-31-17-30)13-32-28(25)36(27)41(37,38)22-6-4-3-5-7-22/h3-9,12-14,16,31H,10-11,15,17H2,1-2H3. The van der Waals surface area contributed by atoms with Crippen molar-refractivity contribution >= 4 is 43.3 Å². The molecule has 4 aromatic heterocycles. The largest absolute Gasteiger partial charge is 0.364 e. The topological polar surface area (TPSA) is 104 Å². The molecule has 2 aliphatic rings. The highest BCUT2D eigenvalue weighted by Gasteiger charge is 2.46. The molecule has 8 rings (SSSR count). The molecular formula is C30H26N6O3S2. The van der Waals surface area contributed by atoms with Gasteiger partial charge in [-0.3, -0.25) is 4.68 Å². The van der Waals surface area contributed by atoms with Gasteiger partial charge in [-0.2, -0.15) is 5.10 Å². The van der Waals surface area contributed by atoms with Crippen LogP contribution in [0.5, 0.6) is 0 Å². The SMILES string of the molecule is Cc1csc(-c2c(-c3ccc4c(cnn4C)c3)c3c4c(cnc3n2S(=O)(=O)c2ccccc2)COC42CCNC2)n1. The zero-order valence-electron chi connectivity index (χ0n) is 22.5. The lowest BCUT2D eigenvalue weighted by Gasteiger charge is -2.24. The van der Waals surface area contributed by atoms with Crippen LogP contribution in [0.4, 0.5) is 0 Å². The molecule has 206 valence electrons. The smallest absolute Gasteiger partial charge is 0.270 e. The molecule has 0 aliphatic carbocycles. The average Bonchev–Trinajstić information content (AvgIpc) is 3.81. The molecule has 6 heterocycles. The summed E-state index contributed by atoms with van der Waals surface area (Å²) < 4.78 is 38.9. The van der Waals surface area contributed by atoms with Crippen molar-refractivity contribution in [3.8, 4) is 21.8 Å². The number of fused-ring (bicyclic) bond motifs is 5. The van der Waals surface area contributed by atoms with Crippen LogP contribution in [-0.2, 0) is 34.0 Å². The number of aromatic nitrogens is 5. The minimum atomic E-state index is -4.07. The van der Waals surface area contributed by atoms with Crippen LogP contribution in [0.3, 0.4) is 0 Å². The molecule has 1 fully saturated rings. The Morgan fingerprint density at radius 2 is 1.98 bits per heavy atom. The van der Waals surface area contributed by atoms with E-state index in [2.05, 4.69) is 16.5 Å². The lowest BCUT2D eigenvalue weighted by atomic mass is 9.87. The van der Waals surface area contributed by atoms with E-state index in [1.807, 2.05) is 48.4 Å². The van der Waals surface area contributed by atoms with E-state index in [1.54, 1.807) is 30.5 Å². The summed E-state index contributed by atoms with van der Waals surface area (Å²) in [6, 6.07) is 14.7. The van der Waals surface area contributed by atoms with Gasteiger partial charge in [0.25, 0.3) is 10.0 Å². The lowest BCUT2D eigenvalue weighted by molar-refractivity contribution is -0.0211. The summed E-state index contributed by atoms with van der Waals surface area (Å²) in [6.45, 7) is 3.83. The fraction of sp³-hybridized carbons (Fsp3) is 0.233. The van der Waals surface area contributed by atoms with Crippen molar-refractivity contribution in [2.75, 3.05) is 13.1 Å². The number of nitrogens with one attached hydrogen (secondary N) is 1. The normalized spacial score (nSPS) is 18.7. The minimum Gasteiger partial charge on any atom is -0.364 e. The summed E-state index contributed by atoms with van der Waals surface area (Å²) in [5, 5.41) is 12.2. The predicted octanol–water partition coefficient (Wildman–Crippen LogP) is 4.98. The van der Waals surface area contributed by atoms with Crippen molar-refractivity contribution in [3.05, 3.63) is 83.1 Å². The average molecular weight is 583 g/mol. The third-order valence-corrected chi connectivity index (χ3v) is 10.9. The van der Waals surface area contributed by atoms with Gasteiger partial charge in [0.15, 0.2) is 5.65 Å². The van der Waals surface area contributed by atoms with Crippen LogP contribution in [0.15, 0.2) is 71.2 Å². The molecule has 1 atom stereocenters. The van der Waals surface area contributed by atoms with Crippen LogP contribution in [0.25, 0.3) is 43.8 Å². The van der Waals surface area contributed by atoms with Gasteiger partial charge in [0.2, 0.25) is 0 Å². The van der Waals surface area contributed by atoms with Gasteiger partial charge in [-0.15, -0.1) is 11.3 Å². The summed E-state index contributed by atoms with van der Waals surface area (Å²) >= 11 is 1.43. The number of nitrogens with zero attached hydrogens (tertiary/aromatic N) is 5. The zero-order valence-corrected chi connectivity index (χ0v) is 24.1. The molecule has 1 unspecified atom stereocenters. The fourth-order valence-corrected chi connectivity index (χ4v) is 8.76. The van der Waals surface area contributed by atoms with Crippen molar-refractivity contribution in [1.29, 1.82) is 0 Å². The lowest BCUT2D eigenvalue weighted by Crippen LogP contribution is -2.28. The summed E-state index contributed by atoms with van der Waals surface area (Å²) in [5.74, 6) is 0. The molecule has 1 saturated heterocycles. The Labute approximate surface area is 240 Å². The van der Waals surface area contributed by atoms with Gasteiger partial charge in [-0.05, 0) is 49.7 Å². The monoisotopic (exact) mass is 582 g/mol. The number of benzene rings is 2. The van der Waals surface area contributed by atoms with Gasteiger partial charge < -0.3 is 10.1 Å². The van der Waals surface area contributed by atoms with E-state index in [0.29, 0.717) is 29.5 Å². The Bertz CT molecular complexity index is 2100. The highest BCUT2D eigenvalue weighted by atomic mass is 32.2. The van der Waals surface area contributed by atoms with Crippen LogP contribution in [0.1, 0.15) is 23.2 Å². The van der Waals surface area contributed by atoms with Gasteiger partial charge >= 0.3 is 0 Å². The molecule has 2 aliphatic heterocycles. The number of thiazole rings is 1. The van der Waals surface area contributed by atoms with Crippen LogP contribution < -0.4 is 5.32 Å². The number of pyridine rings is 1. The predicted molar refractivity (Wildman–Crippen MR) is 158 cm³/mol. The number of aryl methyl sites for hydroxylation is 2. The van der Waals surface area contributed by atoms with Crippen LogP contribution in [0, 0.1) is 6.92 Å². The maximum absolute atomic E-state index is 14.6. The molecule has 6 aromatic rings. The van der Waals surface area contributed by atoms with E-state index >= 15 is 0 Å². The number of rotatable bonds is 4. The number of hydrogen-bond acceptors (Lipinski definition) is 8. The first-order valence-electron chi connectivity index (χ1n) is 13.4. The molecule has 1 N–H and O–H groups in total. The van der Waals surface area contributed by atoms with Gasteiger partial charge in [0.1, 0.15) is 16.3 Å². The van der Waals surface area contributed by atoms with Crippen LogP contribution in [0.2, 0.25) is 0 Å². The molecule has 1 spiro atoms. The second kappa shape index (κ2) is 8.80. The fourth-order valence-electron chi connectivity index (χ4n) is 6.37. The van der Waals surface area contributed by atoms with E-state index in [1.165, 1.54) is 15.3 Å². The summed E-state index contributed by atoms with van der Waals surface area (Å²) in [7, 11) is -2.15. The molecule has 0 bridgehead atoms. The first-order chi connectivity index (χ1) is 19.9. The maximum Gasteiger partial charge on any atom is 0.270 e. The Hall–Kier alpha value is -3.90. The van der Waals surface area contributed by atoms with Gasteiger partial charge in [-0.1, -0.05) is 24.3 Å². The van der Waals surface area contributed by atoms with Gasteiger partial charge in [0.05, 0.1) is 23.2 Å². The van der Waals surface area contributed by atoms with Gasteiger partial charge in [0, 0.05) is 58.3 Å². The molecule has 11 heteroatoms. The Balaban J connectivity index is 1.58. The number of hydrogen-bond donors (Lipinski definition) is 1. The quantitative estimate of drug-likeness (QED) is 0.313. The highest BCUT2D eigenvalue weighted by Crippen LogP contribution is 2.51. The number of ether oxygens (including phenoxy) is 1. The molecule has 0 saturated carbocycles. The van der Waals surface area contributed by atoms with Crippen molar-refractivity contribution in [2.45, 2.75) is 30.4 Å². The molecule has 41 heavy (non-hydrogen) atoms. The van der Waals surface area contributed by atoms with E-state index in [9.17, 15) is 8.42 Å². The van der Waals surface area contributed by atoms with E-state index in [0.717, 1.165) is 57.2 Å². The molecular weight excluding hydrogens is 557 g/mol. The Morgan fingerprint density at radius 3 is 2.73 bits per heavy atom. The molecule has 0 radical (unpaired) electrons.